The maximum Gasteiger partial charge on any atom is 0.0699 e. The van der Waals surface area contributed by atoms with E-state index in [-0.39, 0.29) is 0 Å². The molecule has 0 aromatic rings. The second-order valence-corrected chi connectivity index (χ2v) is 4.40. The van der Waals surface area contributed by atoms with Gasteiger partial charge in [0, 0.05) is 12.6 Å². The van der Waals surface area contributed by atoms with Crippen LogP contribution in [0.4, 0.5) is 0 Å². The molecule has 1 rings (SSSR count). The third-order valence-corrected chi connectivity index (χ3v) is 2.94. The average Bonchev–Trinajstić information content (AvgIpc) is 2.96. The minimum Gasteiger partial charge on any atom is -0.377 e. The lowest BCUT2D eigenvalue weighted by Gasteiger charge is -2.25. The zero-order valence-electron chi connectivity index (χ0n) is 9.88. The number of nitrogens with one attached hydrogen (secondary N) is 1. The summed E-state index contributed by atoms with van der Waals surface area (Å²) < 4.78 is 5.67. The molecule has 0 amide bonds. The van der Waals surface area contributed by atoms with Gasteiger partial charge in [-0.2, -0.15) is 0 Å². The molecule has 0 aromatic heterocycles. The zero-order chi connectivity index (χ0) is 10.4. The van der Waals surface area contributed by atoms with Gasteiger partial charge in [-0.05, 0) is 39.2 Å². The summed E-state index contributed by atoms with van der Waals surface area (Å²) in [6.07, 6.45) is 5.75. The molecule has 1 aliphatic rings. The predicted molar refractivity (Wildman–Crippen MR) is 60.5 cm³/mol. The van der Waals surface area contributed by atoms with Gasteiger partial charge in [0.1, 0.15) is 0 Å². The smallest absolute Gasteiger partial charge is 0.0699 e. The molecule has 84 valence electrons. The van der Waals surface area contributed by atoms with E-state index in [9.17, 15) is 0 Å². The van der Waals surface area contributed by atoms with Gasteiger partial charge in [0.2, 0.25) is 0 Å². The maximum atomic E-state index is 5.67. The minimum atomic E-state index is 0.368. The summed E-state index contributed by atoms with van der Waals surface area (Å²) in [5, 5.41) is 3.60. The van der Waals surface area contributed by atoms with Crippen LogP contribution in [-0.4, -0.2) is 25.3 Å². The van der Waals surface area contributed by atoms with Crippen LogP contribution in [0.2, 0.25) is 0 Å². The van der Waals surface area contributed by atoms with Gasteiger partial charge in [0.15, 0.2) is 0 Å². The highest BCUT2D eigenvalue weighted by molar-refractivity contribution is 4.83. The number of ether oxygens (including phenoxy) is 1. The molecule has 0 aromatic carbocycles. The summed E-state index contributed by atoms with van der Waals surface area (Å²) in [6, 6.07) is 0.572. The third-order valence-electron chi connectivity index (χ3n) is 2.94. The van der Waals surface area contributed by atoms with Crippen LogP contribution in [-0.2, 0) is 4.74 Å². The highest BCUT2D eigenvalue weighted by Gasteiger charge is 2.28. The van der Waals surface area contributed by atoms with Crippen LogP contribution in [0.1, 0.15) is 46.5 Å². The molecule has 14 heavy (non-hydrogen) atoms. The van der Waals surface area contributed by atoms with Crippen LogP contribution in [0.5, 0.6) is 0 Å². The Labute approximate surface area is 88.4 Å². The van der Waals surface area contributed by atoms with Crippen LogP contribution < -0.4 is 5.32 Å². The van der Waals surface area contributed by atoms with E-state index >= 15 is 0 Å². The second kappa shape index (κ2) is 6.41. The number of rotatable bonds is 8. The molecule has 1 saturated carbocycles. The average molecular weight is 199 g/mol. The Hall–Kier alpha value is -0.0800. The summed E-state index contributed by atoms with van der Waals surface area (Å²) >= 11 is 0. The molecular weight excluding hydrogens is 174 g/mol. The second-order valence-electron chi connectivity index (χ2n) is 4.40. The number of hydrogen-bond donors (Lipinski definition) is 1. The SMILES string of the molecule is CCCNC(CC1CC1)C(C)OCC. The van der Waals surface area contributed by atoms with Gasteiger partial charge in [0.05, 0.1) is 6.10 Å². The van der Waals surface area contributed by atoms with Gasteiger partial charge in [0.25, 0.3) is 0 Å². The Kier molecular flexibility index (Phi) is 5.49. The van der Waals surface area contributed by atoms with Crippen molar-refractivity contribution in [1.82, 2.24) is 5.32 Å². The molecular formula is C12H25NO. The van der Waals surface area contributed by atoms with E-state index in [1.54, 1.807) is 0 Å². The van der Waals surface area contributed by atoms with E-state index in [1.807, 2.05) is 0 Å². The van der Waals surface area contributed by atoms with Crippen LogP contribution in [0, 0.1) is 5.92 Å². The lowest BCUT2D eigenvalue weighted by Crippen LogP contribution is -2.40. The summed E-state index contributed by atoms with van der Waals surface area (Å²) in [5.74, 6) is 0.979. The summed E-state index contributed by atoms with van der Waals surface area (Å²) in [4.78, 5) is 0. The van der Waals surface area contributed by atoms with Gasteiger partial charge in [-0.25, -0.2) is 0 Å². The van der Waals surface area contributed by atoms with Crippen molar-refractivity contribution in [3.63, 3.8) is 0 Å². The number of hydrogen-bond acceptors (Lipinski definition) is 2. The Balaban J connectivity index is 2.25. The monoisotopic (exact) mass is 199 g/mol. The lowest BCUT2D eigenvalue weighted by molar-refractivity contribution is 0.0437. The van der Waals surface area contributed by atoms with Crippen LogP contribution in [0.15, 0.2) is 0 Å². The molecule has 2 heteroatoms. The fourth-order valence-electron chi connectivity index (χ4n) is 1.86. The fraction of sp³-hybridized carbons (Fsp3) is 1.00. The molecule has 0 bridgehead atoms. The first-order chi connectivity index (χ1) is 6.77. The van der Waals surface area contributed by atoms with Gasteiger partial charge in [-0.3, -0.25) is 0 Å². The van der Waals surface area contributed by atoms with E-state index in [0.29, 0.717) is 12.1 Å². The van der Waals surface area contributed by atoms with Gasteiger partial charge in [-0.15, -0.1) is 0 Å². The van der Waals surface area contributed by atoms with Crippen molar-refractivity contribution < 1.29 is 4.74 Å². The lowest BCUT2D eigenvalue weighted by atomic mass is 10.1. The van der Waals surface area contributed by atoms with Crippen LogP contribution in [0.3, 0.4) is 0 Å². The molecule has 1 aliphatic carbocycles. The largest absolute Gasteiger partial charge is 0.377 e. The third kappa shape index (κ3) is 4.43. The van der Waals surface area contributed by atoms with Crippen LogP contribution >= 0.6 is 0 Å². The van der Waals surface area contributed by atoms with E-state index in [4.69, 9.17) is 4.74 Å². The van der Waals surface area contributed by atoms with E-state index < -0.39 is 0 Å². The van der Waals surface area contributed by atoms with Crippen molar-refractivity contribution in [3.05, 3.63) is 0 Å². The summed E-state index contributed by atoms with van der Waals surface area (Å²) in [7, 11) is 0. The van der Waals surface area contributed by atoms with Crippen molar-refractivity contribution in [2.75, 3.05) is 13.2 Å². The van der Waals surface area contributed by atoms with E-state index in [2.05, 4.69) is 26.1 Å². The Morgan fingerprint density at radius 1 is 1.36 bits per heavy atom. The summed E-state index contributed by atoms with van der Waals surface area (Å²) in [5.41, 5.74) is 0. The molecule has 0 aliphatic heterocycles. The first kappa shape index (κ1) is 12.0. The van der Waals surface area contributed by atoms with Crippen molar-refractivity contribution in [3.8, 4) is 0 Å². The molecule has 1 fully saturated rings. The quantitative estimate of drug-likeness (QED) is 0.649. The topological polar surface area (TPSA) is 21.3 Å². The predicted octanol–water partition coefficient (Wildman–Crippen LogP) is 2.58. The van der Waals surface area contributed by atoms with Gasteiger partial charge < -0.3 is 10.1 Å². The molecule has 0 spiro atoms. The molecule has 2 unspecified atom stereocenters. The zero-order valence-corrected chi connectivity index (χ0v) is 9.88. The molecule has 0 heterocycles. The highest BCUT2D eigenvalue weighted by Crippen LogP contribution is 2.34. The van der Waals surface area contributed by atoms with Gasteiger partial charge >= 0.3 is 0 Å². The van der Waals surface area contributed by atoms with E-state index in [1.165, 1.54) is 25.7 Å². The maximum absolute atomic E-state index is 5.67. The Morgan fingerprint density at radius 2 is 2.07 bits per heavy atom. The Morgan fingerprint density at radius 3 is 2.57 bits per heavy atom. The van der Waals surface area contributed by atoms with Crippen molar-refractivity contribution in [2.24, 2.45) is 5.92 Å². The van der Waals surface area contributed by atoms with E-state index in [0.717, 1.165) is 19.1 Å². The normalized spacial score (nSPS) is 20.8. The standard InChI is InChI=1S/C12H25NO/c1-4-8-13-12(9-11-6-7-11)10(3)14-5-2/h10-13H,4-9H2,1-3H3. The molecule has 2 atom stereocenters. The first-order valence-electron chi connectivity index (χ1n) is 6.12. The summed E-state index contributed by atoms with van der Waals surface area (Å²) in [6.45, 7) is 8.43. The molecule has 1 N–H and O–H groups in total. The molecule has 0 saturated heterocycles. The first-order valence-corrected chi connectivity index (χ1v) is 6.12. The van der Waals surface area contributed by atoms with Crippen molar-refractivity contribution >= 4 is 0 Å². The van der Waals surface area contributed by atoms with Crippen molar-refractivity contribution in [1.29, 1.82) is 0 Å². The van der Waals surface area contributed by atoms with Crippen molar-refractivity contribution in [2.45, 2.75) is 58.6 Å². The van der Waals surface area contributed by atoms with Crippen LogP contribution in [0.25, 0.3) is 0 Å². The Bertz CT molecular complexity index is 145. The highest BCUT2D eigenvalue weighted by atomic mass is 16.5. The molecule has 2 nitrogen and oxygen atoms in total. The fourth-order valence-corrected chi connectivity index (χ4v) is 1.86. The minimum absolute atomic E-state index is 0.368. The molecule has 0 radical (unpaired) electrons. The van der Waals surface area contributed by atoms with Gasteiger partial charge in [-0.1, -0.05) is 19.8 Å².